The molecule has 1 unspecified atom stereocenters. The van der Waals surface area contributed by atoms with Crippen molar-refractivity contribution in [2.24, 2.45) is 0 Å². The SMILES string of the molecule is CCNC1CCCCc2cn(CCC(=O)NC)cc21. The molecule has 1 heterocycles. The second kappa shape index (κ2) is 6.75. The fourth-order valence-corrected chi connectivity index (χ4v) is 2.86. The molecular formula is C15H25N3O. The van der Waals surface area contributed by atoms with Crippen LogP contribution in [0.2, 0.25) is 0 Å². The Hall–Kier alpha value is -1.29. The number of hydrogen-bond donors (Lipinski definition) is 2. The zero-order chi connectivity index (χ0) is 13.7. The highest BCUT2D eigenvalue weighted by molar-refractivity contribution is 5.75. The lowest BCUT2D eigenvalue weighted by molar-refractivity contribution is -0.120. The van der Waals surface area contributed by atoms with E-state index >= 15 is 0 Å². The minimum atomic E-state index is 0.104. The number of rotatable bonds is 5. The summed E-state index contributed by atoms with van der Waals surface area (Å²) >= 11 is 0. The Labute approximate surface area is 115 Å². The van der Waals surface area contributed by atoms with Crippen LogP contribution in [-0.4, -0.2) is 24.1 Å². The average Bonchev–Trinajstić information content (AvgIpc) is 2.74. The molecule has 0 aromatic carbocycles. The predicted molar refractivity (Wildman–Crippen MR) is 77.1 cm³/mol. The summed E-state index contributed by atoms with van der Waals surface area (Å²) in [4.78, 5) is 11.3. The highest BCUT2D eigenvalue weighted by Crippen LogP contribution is 2.29. The summed E-state index contributed by atoms with van der Waals surface area (Å²) in [5, 5.41) is 6.25. The molecule has 4 nitrogen and oxygen atoms in total. The second-order valence-electron chi connectivity index (χ2n) is 5.26. The molecule has 0 fully saturated rings. The number of aryl methyl sites for hydroxylation is 2. The molecule has 1 aliphatic carbocycles. The minimum absolute atomic E-state index is 0.104. The first kappa shape index (κ1) is 14.1. The summed E-state index contributed by atoms with van der Waals surface area (Å²) in [5.74, 6) is 0.104. The van der Waals surface area contributed by atoms with Gasteiger partial charge in [0, 0.05) is 38.4 Å². The number of aromatic nitrogens is 1. The largest absolute Gasteiger partial charge is 0.359 e. The summed E-state index contributed by atoms with van der Waals surface area (Å²) in [5.41, 5.74) is 2.90. The molecule has 19 heavy (non-hydrogen) atoms. The average molecular weight is 263 g/mol. The van der Waals surface area contributed by atoms with Gasteiger partial charge in [0.15, 0.2) is 0 Å². The van der Waals surface area contributed by atoms with Gasteiger partial charge in [-0.05, 0) is 36.9 Å². The van der Waals surface area contributed by atoms with Crippen LogP contribution in [0.5, 0.6) is 0 Å². The smallest absolute Gasteiger partial charge is 0.221 e. The number of nitrogens with one attached hydrogen (secondary N) is 2. The Morgan fingerprint density at radius 3 is 3.00 bits per heavy atom. The van der Waals surface area contributed by atoms with Crippen molar-refractivity contribution in [2.75, 3.05) is 13.6 Å². The summed E-state index contributed by atoms with van der Waals surface area (Å²) in [6.07, 6.45) is 9.98. The molecule has 2 rings (SSSR count). The second-order valence-corrected chi connectivity index (χ2v) is 5.26. The molecule has 0 saturated carbocycles. The lowest BCUT2D eigenvalue weighted by atomic mass is 10.0. The number of nitrogens with zero attached hydrogens (tertiary/aromatic N) is 1. The van der Waals surface area contributed by atoms with Crippen molar-refractivity contribution < 1.29 is 4.79 Å². The first-order valence-electron chi connectivity index (χ1n) is 7.37. The van der Waals surface area contributed by atoms with E-state index in [1.807, 2.05) is 0 Å². The van der Waals surface area contributed by atoms with Crippen LogP contribution in [-0.2, 0) is 17.8 Å². The van der Waals surface area contributed by atoms with Gasteiger partial charge in [-0.2, -0.15) is 0 Å². The molecule has 1 aromatic rings. The van der Waals surface area contributed by atoms with Crippen LogP contribution in [0.3, 0.4) is 0 Å². The van der Waals surface area contributed by atoms with Gasteiger partial charge in [0.1, 0.15) is 0 Å². The van der Waals surface area contributed by atoms with Crippen molar-refractivity contribution in [3.05, 3.63) is 23.5 Å². The maximum Gasteiger partial charge on any atom is 0.221 e. The molecule has 0 bridgehead atoms. The van der Waals surface area contributed by atoms with Crippen LogP contribution in [0.1, 0.15) is 49.8 Å². The van der Waals surface area contributed by atoms with Crippen molar-refractivity contribution in [3.63, 3.8) is 0 Å². The van der Waals surface area contributed by atoms with Crippen molar-refractivity contribution in [2.45, 2.75) is 51.6 Å². The van der Waals surface area contributed by atoms with Gasteiger partial charge >= 0.3 is 0 Å². The Kier molecular flexibility index (Phi) is 5.02. The van der Waals surface area contributed by atoms with E-state index in [4.69, 9.17) is 0 Å². The van der Waals surface area contributed by atoms with E-state index in [0.29, 0.717) is 12.5 Å². The van der Waals surface area contributed by atoms with Crippen LogP contribution < -0.4 is 10.6 Å². The first-order valence-corrected chi connectivity index (χ1v) is 7.37. The maximum atomic E-state index is 11.3. The quantitative estimate of drug-likeness (QED) is 0.798. The lowest BCUT2D eigenvalue weighted by Crippen LogP contribution is -2.20. The monoisotopic (exact) mass is 263 g/mol. The van der Waals surface area contributed by atoms with E-state index in [2.05, 4.69) is 34.5 Å². The zero-order valence-electron chi connectivity index (χ0n) is 12.0. The van der Waals surface area contributed by atoms with Gasteiger partial charge in [0.25, 0.3) is 0 Å². The van der Waals surface area contributed by atoms with Gasteiger partial charge in [-0.25, -0.2) is 0 Å². The van der Waals surface area contributed by atoms with Gasteiger partial charge in [-0.15, -0.1) is 0 Å². The molecule has 2 N–H and O–H groups in total. The first-order chi connectivity index (χ1) is 9.24. The fourth-order valence-electron chi connectivity index (χ4n) is 2.86. The summed E-state index contributed by atoms with van der Waals surface area (Å²) < 4.78 is 2.18. The van der Waals surface area contributed by atoms with Crippen LogP contribution in [0.4, 0.5) is 0 Å². The van der Waals surface area contributed by atoms with E-state index < -0.39 is 0 Å². The Morgan fingerprint density at radius 1 is 1.42 bits per heavy atom. The summed E-state index contributed by atoms with van der Waals surface area (Å²) in [6, 6.07) is 0.490. The van der Waals surface area contributed by atoms with Crippen molar-refractivity contribution >= 4 is 5.91 Å². The topological polar surface area (TPSA) is 46.1 Å². The number of amides is 1. The van der Waals surface area contributed by atoms with E-state index in [0.717, 1.165) is 13.1 Å². The molecule has 1 amide bonds. The van der Waals surface area contributed by atoms with Crippen LogP contribution in [0, 0.1) is 0 Å². The van der Waals surface area contributed by atoms with Gasteiger partial charge in [-0.1, -0.05) is 13.3 Å². The van der Waals surface area contributed by atoms with Crippen LogP contribution in [0.15, 0.2) is 12.4 Å². The molecule has 4 heteroatoms. The molecule has 0 spiro atoms. The molecule has 0 aliphatic heterocycles. The number of carbonyl (C=O) groups excluding carboxylic acids is 1. The standard InChI is InChI=1S/C15H25N3O/c1-3-17-14-7-5-4-6-12-10-18(11-13(12)14)9-8-15(19)16-2/h10-11,14,17H,3-9H2,1-2H3,(H,16,19). The molecule has 106 valence electrons. The Bertz CT molecular complexity index is 425. The predicted octanol–water partition coefficient (Wildman–Crippen LogP) is 2.00. The highest BCUT2D eigenvalue weighted by atomic mass is 16.1. The molecule has 0 saturated heterocycles. The highest BCUT2D eigenvalue weighted by Gasteiger charge is 2.19. The molecule has 0 radical (unpaired) electrons. The van der Waals surface area contributed by atoms with Crippen molar-refractivity contribution in [1.29, 1.82) is 0 Å². The van der Waals surface area contributed by atoms with Crippen LogP contribution in [0.25, 0.3) is 0 Å². The van der Waals surface area contributed by atoms with E-state index in [1.54, 1.807) is 7.05 Å². The maximum absolute atomic E-state index is 11.3. The van der Waals surface area contributed by atoms with Gasteiger partial charge in [0.05, 0.1) is 0 Å². The third-order valence-corrected chi connectivity index (χ3v) is 3.89. The third kappa shape index (κ3) is 3.60. The molecule has 1 atom stereocenters. The number of carbonyl (C=O) groups is 1. The summed E-state index contributed by atoms with van der Waals surface area (Å²) in [7, 11) is 1.69. The number of hydrogen-bond acceptors (Lipinski definition) is 2. The van der Waals surface area contributed by atoms with E-state index in [9.17, 15) is 4.79 Å². The number of fused-ring (bicyclic) bond motifs is 1. The van der Waals surface area contributed by atoms with E-state index in [-0.39, 0.29) is 5.91 Å². The van der Waals surface area contributed by atoms with Crippen LogP contribution >= 0.6 is 0 Å². The Balaban J connectivity index is 2.08. The van der Waals surface area contributed by atoms with Crippen molar-refractivity contribution in [1.82, 2.24) is 15.2 Å². The van der Waals surface area contributed by atoms with Gasteiger partial charge < -0.3 is 15.2 Å². The Morgan fingerprint density at radius 2 is 2.26 bits per heavy atom. The van der Waals surface area contributed by atoms with Gasteiger partial charge in [0.2, 0.25) is 5.91 Å². The van der Waals surface area contributed by atoms with E-state index in [1.165, 1.54) is 36.8 Å². The molecular weight excluding hydrogens is 238 g/mol. The summed E-state index contributed by atoms with van der Waals surface area (Å²) in [6.45, 7) is 3.94. The zero-order valence-corrected chi connectivity index (χ0v) is 12.0. The van der Waals surface area contributed by atoms with Crippen molar-refractivity contribution in [3.8, 4) is 0 Å². The minimum Gasteiger partial charge on any atom is -0.359 e. The third-order valence-electron chi connectivity index (χ3n) is 3.89. The molecule has 1 aromatic heterocycles. The fraction of sp³-hybridized carbons (Fsp3) is 0.667. The van der Waals surface area contributed by atoms with Gasteiger partial charge in [-0.3, -0.25) is 4.79 Å². The lowest BCUT2D eigenvalue weighted by Gasteiger charge is -2.15. The molecule has 1 aliphatic rings. The normalized spacial score (nSPS) is 18.7.